The van der Waals surface area contributed by atoms with Gasteiger partial charge in [0.05, 0.1) is 10.2 Å². The van der Waals surface area contributed by atoms with Gasteiger partial charge in [-0.05, 0) is 24.6 Å². The number of ether oxygens (including phenoxy) is 2. The van der Waals surface area contributed by atoms with Crippen LogP contribution in [0.3, 0.4) is 0 Å². The van der Waals surface area contributed by atoms with Gasteiger partial charge in [-0.2, -0.15) is 13.2 Å². The first-order valence-electron chi connectivity index (χ1n) is 6.76. The molecule has 126 valence electrons. The Morgan fingerprint density at radius 1 is 1.39 bits per heavy atom. The number of halogens is 3. The third-order valence-corrected chi connectivity index (χ3v) is 3.69. The zero-order valence-electron chi connectivity index (χ0n) is 12.3. The molecule has 1 amide bonds. The molecule has 0 saturated carbocycles. The maximum Gasteiger partial charge on any atom is 0.422 e. The largest absolute Gasteiger partial charge is 0.484 e. The SMILES string of the molecule is COCCCC(=O)Nc1nc2ccc(OCC(F)(F)F)cc2s1. The van der Waals surface area contributed by atoms with Crippen molar-refractivity contribution in [2.75, 3.05) is 25.6 Å². The second kappa shape index (κ2) is 7.60. The van der Waals surface area contributed by atoms with Gasteiger partial charge in [0, 0.05) is 20.1 Å². The van der Waals surface area contributed by atoms with E-state index >= 15 is 0 Å². The Morgan fingerprint density at radius 3 is 2.87 bits per heavy atom. The molecule has 2 rings (SSSR count). The fraction of sp³-hybridized carbons (Fsp3) is 0.429. The van der Waals surface area contributed by atoms with E-state index in [4.69, 9.17) is 4.74 Å². The predicted molar refractivity (Wildman–Crippen MR) is 80.9 cm³/mol. The van der Waals surface area contributed by atoms with Crippen LogP contribution in [0.2, 0.25) is 0 Å². The summed E-state index contributed by atoms with van der Waals surface area (Å²) in [6.07, 6.45) is -3.48. The second-order valence-corrected chi connectivity index (χ2v) is 5.73. The summed E-state index contributed by atoms with van der Waals surface area (Å²) < 4.78 is 46.6. The number of hydrogen-bond acceptors (Lipinski definition) is 5. The van der Waals surface area contributed by atoms with E-state index in [-0.39, 0.29) is 11.7 Å². The standard InChI is InChI=1S/C14H15F3N2O3S/c1-21-6-2-3-12(20)19-13-18-10-5-4-9(7-11(10)23-13)22-8-14(15,16)17/h4-5,7H,2-3,6,8H2,1H3,(H,18,19,20). The third-order valence-electron chi connectivity index (χ3n) is 2.76. The first-order chi connectivity index (χ1) is 10.9. The highest BCUT2D eigenvalue weighted by atomic mass is 32.1. The lowest BCUT2D eigenvalue weighted by Crippen LogP contribution is -2.19. The molecule has 0 unspecified atom stereocenters. The molecule has 9 heteroatoms. The number of hydrogen-bond donors (Lipinski definition) is 1. The molecule has 1 N–H and O–H groups in total. The Balaban J connectivity index is 2.00. The number of nitrogens with one attached hydrogen (secondary N) is 1. The number of nitrogens with zero attached hydrogens (tertiary/aromatic N) is 1. The van der Waals surface area contributed by atoms with Crippen LogP contribution in [0, 0.1) is 0 Å². The molecule has 0 aliphatic rings. The molecular formula is C14H15F3N2O3S. The van der Waals surface area contributed by atoms with Gasteiger partial charge in [-0.15, -0.1) is 0 Å². The van der Waals surface area contributed by atoms with Crippen molar-refractivity contribution in [1.82, 2.24) is 4.98 Å². The molecule has 0 aliphatic carbocycles. The molecule has 1 heterocycles. The van der Waals surface area contributed by atoms with E-state index in [0.29, 0.717) is 34.8 Å². The number of benzene rings is 1. The quantitative estimate of drug-likeness (QED) is 0.777. The summed E-state index contributed by atoms with van der Waals surface area (Å²) in [7, 11) is 1.56. The third kappa shape index (κ3) is 5.68. The molecule has 23 heavy (non-hydrogen) atoms. The Labute approximate surface area is 134 Å². The normalized spacial score (nSPS) is 11.7. The lowest BCUT2D eigenvalue weighted by molar-refractivity contribution is -0.153. The lowest BCUT2D eigenvalue weighted by Gasteiger charge is -2.08. The smallest absolute Gasteiger partial charge is 0.422 e. The number of fused-ring (bicyclic) bond motifs is 1. The van der Waals surface area contributed by atoms with Gasteiger partial charge in [0.25, 0.3) is 0 Å². The van der Waals surface area contributed by atoms with Crippen LogP contribution in [0.1, 0.15) is 12.8 Å². The number of alkyl halides is 3. The molecule has 0 bridgehead atoms. The van der Waals surface area contributed by atoms with Crippen molar-refractivity contribution in [2.24, 2.45) is 0 Å². The van der Waals surface area contributed by atoms with E-state index in [0.717, 1.165) is 0 Å². The Morgan fingerprint density at radius 2 is 2.17 bits per heavy atom. The van der Waals surface area contributed by atoms with Crippen molar-refractivity contribution in [3.05, 3.63) is 18.2 Å². The van der Waals surface area contributed by atoms with E-state index in [9.17, 15) is 18.0 Å². The van der Waals surface area contributed by atoms with Crippen LogP contribution >= 0.6 is 11.3 Å². The number of amides is 1. The summed E-state index contributed by atoms with van der Waals surface area (Å²) in [5.41, 5.74) is 0.585. The fourth-order valence-electron chi connectivity index (χ4n) is 1.77. The predicted octanol–water partition coefficient (Wildman–Crippen LogP) is 3.60. The number of methoxy groups -OCH3 is 1. The molecule has 0 fully saturated rings. The van der Waals surface area contributed by atoms with Crippen molar-refractivity contribution < 1.29 is 27.4 Å². The molecule has 0 radical (unpaired) electrons. The fourth-order valence-corrected chi connectivity index (χ4v) is 2.68. The molecule has 1 aromatic carbocycles. The van der Waals surface area contributed by atoms with Gasteiger partial charge in [-0.3, -0.25) is 4.79 Å². The van der Waals surface area contributed by atoms with Crippen LogP contribution < -0.4 is 10.1 Å². The maximum atomic E-state index is 12.1. The number of carbonyl (C=O) groups is 1. The number of aromatic nitrogens is 1. The van der Waals surface area contributed by atoms with Crippen LogP contribution in [-0.4, -0.2) is 37.4 Å². The van der Waals surface area contributed by atoms with Crippen LogP contribution in [0.5, 0.6) is 5.75 Å². The van der Waals surface area contributed by atoms with Gasteiger partial charge in [0.15, 0.2) is 11.7 Å². The maximum absolute atomic E-state index is 12.1. The van der Waals surface area contributed by atoms with Gasteiger partial charge in [0.2, 0.25) is 5.91 Å². The Kier molecular flexibility index (Phi) is 5.78. The topological polar surface area (TPSA) is 60.5 Å². The van der Waals surface area contributed by atoms with E-state index in [1.807, 2.05) is 0 Å². The first-order valence-corrected chi connectivity index (χ1v) is 7.58. The summed E-state index contributed by atoms with van der Waals surface area (Å²) in [5.74, 6) is -0.0777. The van der Waals surface area contributed by atoms with E-state index < -0.39 is 12.8 Å². The molecule has 0 saturated heterocycles. The summed E-state index contributed by atoms with van der Waals surface area (Å²) in [6, 6.07) is 4.44. The summed E-state index contributed by atoms with van der Waals surface area (Å²) in [5, 5.41) is 3.06. The van der Waals surface area contributed by atoms with Gasteiger partial charge in [0.1, 0.15) is 5.75 Å². The molecule has 0 aliphatic heterocycles. The summed E-state index contributed by atoms with van der Waals surface area (Å²) in [6.45, 7) is -0.854. The van der Waals surface area contributed by atoms with E-state index in [1.54, 1.807) is 13.2 Å². The van der Waals surface area contributed by atoms with E-state index in [1.165, 1.54) is 23.5 Å². The van der Waals surface area contributed by atoms with Crippen LogP contribution in [0.4, 0.5) is 18.3 Å². The van der Waals surface area contributed by atoms with Crippen molar-refractivity contribution in [3.63, 3.8) is 0 Å². The van der Waals surface area contributed by atoms with Crippen LogP contribution in [0.25, 0.3) is 10.2 Å². The minimum Gasteiger partial charge on any atom is -0.484 e. The number of anilines is 1. The highest BCUT2D eigenvalue weighted by Crippen LogP contribution is 2.30. The molecule has 2 aromatic rings. The zero-order chi connectivity index (χ0) is 16.9. The van der Waals surface area contributed by atoms with E-state index in [2.05, 4.69) is 15.0 Å². The Hall–Kier alpha value is -1.87. The zero-order valence-corrected chi connectivity index (χ0v) is 13.1. The Bertz CT molecular complexity index is 673. The molecule has 5 nitrogen and oxygen atoms in total. The molecule has 0 atom stereocenters. The number of rotatable bonds is 7. The first kappa shape index (κ1) is 17.5. The highest BCUT2D eigenvalue weighted by molar-refractivity contribution is 7.22. The van der Waals surface area contributed by atoms with Crippen LogP contribution in [-0.2, 0) is 9.53 Å². The summed E-state index contributed by atoms with van der Waals surface area (Å²) >= 11 is 1.18. The highest BCUT2D eigenvalue weighted by Gasteiger charge is 2.28. The number of thiazole rings is 1. The van der Waals surface area contributed by atoms with Gasteiger partial charge < -0.3 is 14.8 Å². The van der Waals surface area contributed by atoms with Gasteiger partial charge >= 0.3 is 6.18 Å². The summed E-state index contributed by atoms with van der Waals surface area (Å²) in [4.78, 5) is 15.9. The van der Waals surface area contributed by atoms with Crippen molar-refractivity contribution in [1.29, 1.82) is 0 Å². The monoisotopic (exact) mass is 348 g/mol. The minimum absolute atomic E-state index is 0.108. The van der Waals surface area contributed by atoms with Gasteiger partial charge in [-0.25, -0.2) is 4.98 Å². The van der Waals surface area contributed by atoms with Crippen molar-refractivity contribution >= 4 is 32.6 Å². The van der Waals surface area contributed by atoms with Gasteiger partial charge in [-0.1, -0.05) is 11.3 Å². The molecule has 1 aromatic heterocycles. The molecular weight excluding hydrogens is 333 g/mol. The molecule has 0 spiro atoms. The van der Waals surface area contributed by atoms with Crippen molar-refractivity contribution in [3.8, 4) is 5.75 Å². The average Bonchev–Trinajstić information content (AvgIpc) is 2.86. The minimum atomic E-state index is -4.38. The lowest BCUT2D eigenvalue weighted by atomic mass is 10.3. The second-order valence-electron chi connectivity index (χ2n) is 4.70. The van der Waals surface area contributed by atoms with Crippen molar-refractivity contribution in [2.45, 2.75) is 19.0 Å². The number of carbonyl (C=O) groups excluding carboxylic acids is 1. The van der Waals surface area contributed by atoms with Crippen LogP contribution in [0.15, 0.2) is 18.2 Å². The average molecular weight is 348 g/mol.